The van der Waals surface area contributed by atoms with Crippen LogP contribution in [0.1, 0.15) is 62.3 Å². The molecule has 0 saturated heterocycles. The molecule has 0 aliphatic heterocycles. The van der Waals surface area contributed by atoms with Gasteiger partial charge in [-0.1, -0.05) is 32.0 Å². The molecule has 28 heavy (non-hydrogen) atoms. The Morgan fingerprint density at radius 2 is 1.64 bits per heavy atom. The lowest BCUT2D eigenvalue weighted by atomic mass is 9.88. The number of hydrogen-bond acceptors (Lipinski definition) is 3. The quantitative estimate of drug-likeness (QED) is 0.700. The number of hydrogen-bond donors (Lipinski definition) is 1. The summed E-state index contributed by atoms with van der Waals surface area (Å²) in [5, 5.41) is 3.19. The summed E-state index contributed by atoms with van der Waals surface area (Å²) >= 11 is 0. The molecule has 0 bridgehead atoms. The van der Waals surface area contributed by atoms with Crippen molar-refractivity contribution in [3.8, 4) is 11.5 Å². The van der Waals surface area contributed by atoms with Crippen LogP contribution in [0.5, 0.6) is 11.5 Å². The molecule has 0 saturated carbocycles. The van der Waals surface area contributed by atoms with E-state index in [9.17, 15) is 4.79 Å². The Morgan fingerprint density at radius 1 is 0.964 bits per heavy atom. The summed E-state index contributed by atoms with van der Waals surface area (Å²) in [6.07, 6.45) is 5.80. The third-order valence-corrected chi connectivity index (χ3v) is 5.50. The van der Waals surface area contributed by atoms with Crippen molar-refractivity contribution in [3.63, 3.8) is 0 Å². The van der Waals surface area contributed by atoms with E-state index in [-0.39, 0.29) is 11.9 Å². The predicted octanol–water partition coefficient (Wildman–Crippen LogP) is 5.00. The van der Waals surface area contributed by atoms with Crippen molar-refractivity contribution >= 4 is 5.91 Å². The van der Waals surface area contributed by atoms with Gasteiger partial charge in [0.25, 0.3) is 5.91 Å². The smallest absolute Gasteiger partial charge is 0.261 e. The van der Waals surface area contributed by atoms with E-state index in [1.54, 1.807) is 7.11 Å². The SMILES string of the molecule is CC[C@@H](Oc1ccc(OC)cc1)C(=O)N[C@H](CC)c1ccc2c(c1)CCCC2. The van der Waals surface area contributed by atoms with Crippen LogP contribution in [0.25, 0.3) is 0 Å². The minimum absolute atomic E-state index is 0.00763. The van der Waals surface area contributed by atoms with Crippen LogP contribution in [-0.2, 0) is 17.6 Å². The molecule has 2 aromatic rings. The normalized spacial score (nSPS) is 15.2. The second-order valence-corrected chi connectivity index (χ2v) is 7.39. The monoisotopic (exact) mass is 381 g/mol. The molecule has 1 amide bonds. The van der Waals surface area contributed by atoms with Crippen LogP contribution in [-0.4, -0.2) is 19.1 Å². The molecular formula is C24H31NO3. The standard InChI is InChI=1S/C24H31NO3/c1-4-22(19-11-10-17-8-6-7-9-18(17)16-19)25-24(26)23(5-2)28-21-14-12-20(27-3)13-15-21/h10-16,22-23H,4-9H2,1-3H3,(H,25,26)/t22-,23-/m1/s1. The molecule has 1 aliphatic carbocycles. The second-order valence-electron chi connectivity index (χ2n) is 7.39. The van der Waals surface area contributed by atoms with Gasteiger partial charge in [0, 0.05) is 0 Å². The highest BCUT2D eigenvalue weighted by atomic mass is 16.5. The number of benzene rings is 2. The maximum atomic E-state index is 12.9. The summed E-state index contributed by atoms with van der Waals surface area (Å²) < 4.78 is 11.1. The Kier molecular flexibility index (Phi) is 6.96. The number of fused-ring (bicyclic) bond motifs is 1. The Bertz CT molecular complexity index is 785. The van der Waals surface area contributed by atoms with E-state index >= 15 is 0 Å². The number of rotatable bonds is 8. The first-order chi connectivity index (χ1) is 13.6. The molecule has 3 rings (SSSR count). The number of nitrogens with one attached hydrogen (secondary N) is 1. The summed E-state index contributed by atoms with van der Waals surface area (Å²) in [5.41, 5.74) is 4.10. The number of carbonyl (C=O) groups excluding carboxylic acids is 1. The van der Waals surface area contributed by atoms with E-state index < -0.39 is 6.10 Å². The zero-order chi connectivity index (χ0) is 19.9. The molecule has 0 spiro atoms. The van der Waals surface area contributed by atoms with Crippen molar-refractivity contribution in [2.45, 2.75) is 64.5 Å². The molecular weight excluding hydrogens is 350 g/mol. The topological polar surface area (TPSA) is 47.6 Å². The molecule has 1 aliphatic rings. The van der Waals surface area contributed by atoms with E-state index in [2.05, 4.69) is 30.4 Å². The number of aryl methyl sites for hydroxylation is 2. The molecule has 0 fully saturated rings. The predicted molar refractivity (Wildman–Crippen MR) is 112 cm³/mol. The minimum atomic E-state index is -0.514. The van der Waals surface area contributed by atoms with E-state index in [0.717, 1.165) is 18.6 Å². The van der Waals surface area contributed by atoms with Gasteiger partial charge in [-0.05, 0) is 79.5 Å². The number of methoxy groups -OCH3 is 1. The fourth-order valence-corrected chi connectivity index (χ4v) is 3.80. The van der Waals surface area contributed by atoms with E-state index in [4.69, 9.17) is 9.47 Å². The van der Waals surface area contributed by atoms with Crippen molar-refractivity contribution < 1.29 is 14.3 Å². The first kappa shape index (κ1) is 20.2. The van der Waals surface area contributed by atoms with Crippen LogP contribution in [0, 0.1) is 0 Å². The summed E-state index contributed by atoms with van der Waals surface area (Å²) in [6.45, 7) is 4.07. The van der Waals surface area contributed by atoms with Gasteiger partial charge in [-0.3, -0.25) is 4.79 Å². The zero-order valence-corrected chi connectivity index (χ0v) is 17.2. The fraction of sp³-hybridized carbons (Fsp3) is 0.458. The van der Waals surface area contributed by atoms with E-state index in [0.29, 0.717) is 12.2 Å². The Hall–Kier alpha value is -2.49. The molecule has 2 atom stereocenters. The summed E-state index contributed by atoms with van der Waals surface area (Å²) in [4.78, 5) is 12.9. The lowest BCUT2D eigenvalue weighted by molar-refractivity contribution is -0.128. The van der Waals surface area contributed by atoms with Gasteiger partial charge in [0.1, 0.15) is 11.5 Å². The van der Waals surface area contributed by atoms with Crippen LogP contribution < -0.4 is 14.8 Å². The lowest BCUT2D eigenvalue weighted by Gasteiger charge is -2.24. The Labute approximate surface area is 168 Å². The first-order valence-electron chi connectivity index (χ1n) is 10.4. The Morgan fingerprint density at radius 3 is 2.29 bits per heavy atom. The van der Waals surface area contributed by atoms with E-state index in [1.807, 2.05) is 31.2 Å². The zero-order valence-electron chi connectivity index (χ0n) is 17.2. The van der Waals surface area contributed by atoms with Crippen molar-refractivity contribution in [2.75, 3.05) is 7.11 Å². The molecule has 2 aromatic carbocycles. The summed E-state index contributed by atoms with van der Waals surface area (Å²) in [7, 11) is 1.63. The molecule has 0 aromatic heterocycles. The maximum Gasteiger partial charge on any atom is 0.261 e. The van der Waals surface area contributed by atoms with Crippen molar-refractivity contribution in [2.24, 2.45) is 0 Å². The average Bonchev–Trinajstić information content (AvgIpc) is 2.75. The minimum Gasteiger partial charge on any atom is -0.497 e. The molecule has 0 radical (unpaired) electrons. The van der Waals surface area contributed by atoms with Crippen LogP contribution in [0.3, 0.4) is 0 Å². The fourth-order valence-electron chi connectivity index (χ4n) is 3.80. The summed E-state index contributed by atoms with van der Waals surface area (Å²) in [6, 6.07) is 14.0. The number of carbonyl (C=O) groups is 1. The van der Waals surface area contributed by atoms with Crippen molar-refractivity contribution in [3.05, 3.63) is 59.2 Å². The first-order valence-corrected chi connectivity index (χ1v) is 10.4. The molecule has 0 unspecified atom stereocenters. The van der Waals surface area contributed by atoms with Crippen molar-refractivity contribution in [1.29, 1.82) is 0 Å². The number of amides is 1. The number of ether oxygens (including phenoxy) is 2. The highest BCUT2D eigenvalue weighted by molar-refractivity contribution is 5.81. The molecule has 150 valence electrons. The van der Waals surface area contributed by atoms with Crippen LogP contribution in [0.2, 0.25) is 0 Å². The van der Waals surface area contributed by atoms with Gasteiger partial charge in [0.05, 0.1) is 13.2 Å². The van der Waals surface area contributed by atoms with Crippen molar-refractivity contribution in [1.82, 2.24) is 5.32 Å². The third kappa shape index (κ3) is 4.86. The van der Waals surface area contributed by atoms with Gasteiger partial charge in [-0.2, -0.15) is 0 Å². The van der Waals surface area contributed by atoms with Crippen LogP contribution in [0.15, 0.2) is 42.5 Å². The van der Waals surface area contributed by atoms with Gasteiger partial charge in [0.2, 0.25) is 0 Å². The van der Waals surface area contributed by atoms with Gasteiger partial charge >= 0.3 is 0 Å². The van der Waals surface area contributed by atoms with Gasteiger partial charge < -0.3 is 14.8 Å². The highest BCUT2D eigenvalue weighted by Crippen LogP contribution is 2.26. The van der Waals surface area contributed by atoms with Gasteiger partial charge in [-0.25, -0.2) is 0 Å². The maximum absolute atomic E-state index is 12.9. The molecule has 4 nitrogen and oxygen atoms in total. The highest BCUT2D eigenvalue weighted by Gasteiger charge is 2.22. The average molecular weight is 382 g/mol. The van der Waals surface area contributed by atoms with E-state index in [1.165, 1.54) is 36.0 Å². The van der Waals surface area contributed by atoms with Crippen LogP contribution in [0.4, 0.5) is 0 Å². The van der Waals surface area contributed by atoms with Crippen LogP contribution >= 0.6 is 0 Å². The molecule has 1 N–H and O–H groups in total. The second kappa shape index (κ2) is 9.63. The Balaban J connectivity index is 1.67. The lowest BCUT2D eigenvalue weighted by Crippen LogP contribution is -2.40. The summed E-state index contributed by atoms with van der Waals surface area (Å²) in [5.74, 6) is 1.37. The van der Waals surface area contributed by atoms with Gasteiger partial charge in [-0.15, -0.1) is 0 Å². The largest absolute Gasteiger partial charge is 0.497 e. The third-order valence-electron chi connectivity index (χ3n) is 5.50. The van der Waals surface area contributed by atoms with Gasteiger partial charge in [0.15, 0.2) is 6.10 Å². The molecule has 4 heteroatoms. The molecule has 0 heterocycles.